The molecule has 3 nitrogen and oxygen atoms in total. The lowest BCUT2D eigenvalue weighted by Gasteiger charge is -2.29. The van der Waals surface area contributed by atoms with Crippen LogP contribution >= 0.6 is 0 Å². The molecule has 0 aliphatic carbocycles. The van der Waals surface area contributed by atoms with Gasteiger partial charge in [0.1, 0.15) is 0 Å². The van der Waals surface area contributed by atoms with Gasteiger partial charge in [0.05, 0.1) is 12.7 Å². The predicted octanol–water partition coefficient (Wildman–Crippen LogP) is 3.86. The van der Waals surface area contributed by atoms with Gasteiger partial charge in [0.15, 0.2) is 12.0 Å². The number of nitrogens with one attached hydrogen (secondary N) is 1. The Morgan fingerprint density at radius 1 is 1.09 bits per heavy atom. The predicted molar refractivity (Wildman–Crippen MR) is 80.5 cm³/mol. The van der Waals surface area contributed by atoms with Gasteiger partial charge in [0, 0.05) is 16.8 Å². The second-order valence-corrected chi connectivity index (χ2v) is 5.11. The monoisotopic (exact) mass is 321 g/mol. The van der Waals surface area contributed by atoms with E-state index in [1.807, 2.05) is 0 Å². The summed E-state index contributed by atoms with van der Waals surface area (Å²) in [5.74, 6) is 0.183. The zero-order chi connectivity index (χ0) is 16.6. The van der Waals surface area contributed by atoms with Crippen molar-refractivity contribution in [3.8, 4) is 0 Å². The fraction of sp³-hybridized carbons (Fsp3) is 0.176. The molecule has 1 unspecified atom stereocenters. The van der Waals surface area contributed by atoms with E-state index in [4.69, 9.17) is 4.74 Å². The second-order valence-electron chi connectivity index (χ2n) is 5.11. The molecule has 6 heteroatoms. The average molecular weight is 321 g/mol. The highest BCUT2D eigenvalue weighted by Crippen LogP contribution is 2.41. The number of hydrogen-bond acceptors (Lipinski definition) is 3. The number of benzene rings is 2. The van der Waals surface area contributed by atoms with E-state index in [1.165, 1.54) is 13.2 Å². The van der Waals surface area contributed by atoms with Crippen LogP contribution in [0.15, 0.2) is 54.3 Å². The van der Waals surface area contributed by atoms with Crippen LogP contribution < -0.4 is 5.32 Å². The van der Waals surface area contributed by atoms with Crippen LogP contribution in [0.1, 0.15) is 16.7 Å². The van der Waals surface area contributed by atoms with Crippen molar-refractivity contribution in [2.75, 3.05) is 12.4 Å². The minimum Gasteiger partial charge on any atom is -0.496 e. The van der Waals surface area contributed by atoms with Crippen LogP contribution in [0.3, 0.4) is 0 Å². The molecule has 0 amide bonds. The first-order valence-electron chi connectivity index (χ1n) is 6.91. The van der Waals surface area contributed by atoms with Gasteiger partial charge in [-0.15, -0.1) is 0 Å². The summed E-state index contributed by atoms with van der Waals surface area (Å²) in [5.41, 5.74) is 1.13. The zero-order valence-corrected chi connectivity index (χ0v) is 12.2. The number of aliphatic hydroxyl groups is 1. The fourth-order valence-corrected chi connectivity index (χ4v) is 2.65. The smallest absolute Gasteiger partial charge is 0.416 e. The average Bonchev–Trinajstić information content (AvgIpc) is 2.53. The number of hydrogen-bond donors (Lipinski definition) is 2. The van der Waals surface area contributed by atoms with Crippen LogP contribution in [-0.2, 0) is 10.9 Å². The van der Waals surface area contributed by atoms with E-state index in [0.29, 0.717) is 22.4 Å². The molecule has 23 heavy (non-hydrogen) atoms. The Bertz CT molecular complexity index is 754. The first-order valence-corrected chi connectivity index (χ1v) is 6.91. The number of fused-ring (bicyclic) bond motifs is 1. The summed E-state index contributed by atoms with van der Waals surface area (Å²) >= 11 is 0. The summed E-state index contributed by atoms with van der Waals surface area (Å²) in [4.78, 5) is 0. The molecule has 2 aromatic rings. The molecule has 1 atom stereocenters. The van der Waals surface area contributed by atoms with E-state index >= 15 is 0 Å². The number of methoxy groups -OCH3 is 1. The minimum absolute atomic E-state index is 0.183. The van der Waals surface area contributed by atoms with Crippen LogP contribution in [0.4, 0.5) is 18.9 Å². The lowest BCUT2D eigenvalue weighted by molar-refractivity contribution is -0.137. The Hall–Kier alpha value is -2.47. The van der Waals surface area contributed by atoms with Crippen molar-refractivity contribution in [2.45, 2.75) is 12.4 Å². The molecule has 120 valence electrons. The highest BCUT2D eigenvalue weighted by Gasteiger charge is 2.34. The summed E-state index contributed by atoms with van der Waals surface area (Å²) in [6, 6.07) is 12.2. The van der Waals surface area contributed by atoms with Gasteiger partial charge in [-0.05, 0) is 23.8 Å². The lowest BCUT2D eigenvalue weighted by Crippen LogP contribution is -2.28. The second kappa shape index (κ2) is 5.62. The first kappa shape index (κ1) is 15.4. The number of anilines is 1. The van der Waals surface area contributed by atoms with Gasteiger partial charge < -0.3 is 15.2 Å². The Kier molecular flexibility index (Phi) is 3.77. The van der Waals surface area contributed by atoms with Gasteiger partial charge in [-0.25, -0.2) is 0 Å². The van der Waals surface area contributed by atoms with E-state index in [2.05, 4.69) is 5.32 Å². The minimum atomic E-state index is -4.44. The van der Waals surface area contributed by atoms with Crippen molar-refractivity contribution in [1.29, 1.82) is 0 Å². The third-order valence-electron chi connectivity index (χ3n) is 3.69. The van der Waals surface area contributed by atoms with Crippen LogP contribution in [-0.4, -0.2) is 18.4 Å². The molecular weight excluding hydrogens is 307 g/mol. The number of aliphatic hydroxyl groups excluding tert-OH is 1. The quantitative estimate of drug-likeness (QED) is 0.883. The third-order valence-corrected chi connectivity index (χ3v) is 3.69. The topological polar surface area (TPSA) is 41.5 Å². The maximum absolute atomic E-state index is 13.0. The standard InChI is InChI=1S/C17H14F3NO2/c1-23-15-14(10-5-3-2-4-6-10)12-9-11(17(18,19)20)7-8-13(12)21-16(15)22/h2-9,16,21-22H,1H3. The molecule has 3 rings (SSSR count). The zero-order valence-electron chi connectivity index (χ0n) is 12.2. The van der Waals surface area contributed by atoms with E-state index < -0.39 is 18.0 Å². The molecule has 0 bridgehead atoms. The number of rotatable bonds is 2. The molecule has 0 saturated carbocycles. The highest BCUT2D eigenvalue weighted by molar-refractivity contribution is 5.90. The maximum Gasteiger partial charge on any atom is 0.416 e. The van der Waals surface area contributed by atoms with Crippen molar-refractivity contribution in [3.63, 3.8) is 0 Å². The van der Waals surface area contributed by atoms with Crippen molar-refractivity contribution in [2.24, 2.45) is 0 Å². The summed E-state index contributed by atoms with van der Waals surface area (Å²) in [5, 5.41) is 12.9. The molecule has 1 aliphatic rings. The maximum atomic E-state index is 13.0. The molecule has 0 saturated heterocycles. The van der Waals surface area contributed by atoms with Gasteiger partial charge in [0.2, 0.25) is 0 Å². The van der Waals surface area contributed by atoms with Gasteiger partial charge in [-0.3, -0.25) is 0 Å². The van der Waals surface area contributed by atoms with Gasteiger partial charge in [-0.2, -0.15) is 13.2 Å². The Morgan fingerprint density at radius 2 is 1.78 bits per heavy atom. The summed E-state index contributed by atoms with van der Waals surface area (Å²) in [6.07, 6.45) is -5.57. The van der Waals surface area contributed by atoms with Gasteiger partial charge >= 0.3 is 6.18 Å². The summed E-state index contributed by atoms with van der Waals surface area (Å²) in [6.45, 7) is 0. The molecule has 0 radical (unpaired) electrons. The molecule has 1 aliphatic heterocycles. The van der Waals surface area contributed by atoms with Gasteiger partial charge in [-0.1, -0.05) is 30.3 Å². The van der Waals surface area contributed by atoms with Crippen molar-refractivity contribution in [1.82, 2.24) is 0 Å². The third kappa shape index (κ3) is 2.77. The normalized spacial score (nSPS) is 17.5. The largest absolute Gasteiger partial charge is 0.496 e. The van der Waals surface area contributed by atoms with Crippen molar-refractivity contribution >= 4 is 11.3 Å². The van der Waals surface area contributed by atoms with E-state index in [1.54, 1.807) is 30.3 Å². The Balaban J connectivity index is 2.26. The number of alkyl halides is 3. The molecular formula is C17H14F3NO2. The first-order chi connectivity index (χ1) is 10.9. The summed E-state index contributed by atoms with van der Waals surface area (Å²) < 4.78 is 44.3. The van der Waals surface area contributed by atoms with Gasteiger partial charge in [0.25, 0.3) is 0 Å². The van der Waals surface area contributed by atoms with Crippen LogP contribution in [0.2, 0.25) is 0 Å². The Labute approximate surface area is 131 Å². The van der Waals surface area contributed by atoms with Crippen LogP contribution in [0.25, 0.3) is 5.57 Å². The molecule has 2 N–H and O–H groups in total. The summed E-state index contributed by atoms with van der Waals surface area (Å²) in [7, 11) is 1.38. The molecule has 0 spiro atoms. The van der Waals surface area contributed by atoms with Crippen LogP contribution in [0.5, 0.6) is 0 Å². The molecule has 1 heterocycles. The number of halogens is 3. The molecule has 2 aromatic carbocycles. The fourth-order valence-electron chi connectivity index (χ4n) is 2.65. The molecule has 0 aromatic heterocycles. The van der Waals surface area contributed by atoms with Crippen LogP contribution in [0, 0.1) is 0 Å². The Morgan fingerprint density at radius 3 is 2.39 bits per heavy atom. The van der Waals surface area contributed by atoms with E-state index in [9.17, 15) is 18.3 Å². The lowest BCUT2D eigenvalue weighted by atomic mass is 9.91. The van der Waals surface area contributed by atoms with E-state index in [0.717, 1.165) is 12.1 Å². The van der Waals surface area contributed by atoms with Crippen molar-refractivity contribution in [3.05, 3.63) is 71.0 Å². The van der Waals surface area contributed by atoms with Crippen molar-refractivity contribution < 1.29 is 23.0 Å². The van der Waals surface area contributed by atoms with E-state index in [-0.39, 0.29) is 5.76 Å². The SMILES string of the molecule is COC1=C(c2ccccc2)c2cc(C(F)(F)F)ccc2NC1O. The molecule has 0 fully saturated rings. The number of ether oxygens (including phenoxy) is 1. The highest BCUT2D eigenvalue weighted by atomic mass is 19.4.